The lowest BCUT2D eigenvalue weighted by atomic mass is 10.1. The third kappa shape index (κ3) is 2.42. The number of hydrogen-bond donors (Lipinski definition) is 0. The van der Waals surface area contributed by atoms with Crippen molar-refractivity contribution in [1.82, 2.24) is 9.97 Å². The Morgan fingerprint density at radius 3 is 2.31 bits per heavy atom. The molecule has 0 aliphatic rings. The van der Waals surface area contributed by atoms with Gasteiger partial charge >= 0.3 is 0 Å². The highest BCUT2D eigenvalue weighted by Gasteiger charge is 2.18. The van der Waals surface area contributed by atoms with Crippen molar-refractivity contribution in [3.63, 3.8) is 0 Å². The maximum Gasteiger partial charge on any atom is 0.180 e. The summed E-state index contributed by atoms with van der Waals surface area (Å²) in [5.41, 5.74) is 5.11. The van der Waals surface area contributed by atoms with Gasteiger partial charge in [-0.25, -0.2) is 9.97 Å². The smallest absolute Gasteiger partial charge is 0.180 e. The van der Waals surface area contributed by atoms with Gasteiger partial charge in [0.25, 0.3) is 0 Å². The van der Waals surface area contributed by atoms with Crippen LogP contribution in [0, 0.1) is 0 Å². The topological polar surface area (TPSA) is 38.9 Å². The largest absolute Gasteiger partial charge is 0.452 e. The van der Waals surface area contributed by atoms with Crippen molar-refractivity contribution >= 4 is 38.0 Å². The van der Waals surface area contributed by atoms with Gasteiger partial charge in [-0.15, -0.1) is 0 Å². The molecule has 0 N–H and O–H groups in total. The van der Waals surface area contributed by atoms with E-state index in [2.05, 4.69) is 15.9 Å². The van der Waals surface area contributed by atoms with Crippen molar-refractivity contribution in [1.29, 1.82) is 0 Å². The van der Waals surface area contributed by atoms with Crippen LogP contribution in [0.15, 0.2) is 87.8 Å². The molecule has 0 atom stereocenters. The average Bonchev–Trinajstić information content (AvgIpc) is 3.07. The summed E-state index contributed by atoms with van der Waals surface area (Å²) in [5, 5.41) is 0.996. The van der Waals surface area contributed by atoms with Crippen molar-refractivity contribution in [3.05, 3.63) is 83.3 Å². The van der Waals surface area contributed by atoms with Crippen LogP contribution in [0.25, 0.3) is 44.7 Å². The van der Waals surface area contributed by atoms with Crippen LogP contribution in [-0.4, -0.2) is 9.97 Å². The standard InChI is InChI=1S/C22H13BrN2O/c23-17-12-6-4-10-15(17)19-21-20(16-11-5-7-13-18(16)26-21)25-22(24-19)14-8-2-1-3-9-14/h1-13H. The normalized spacial score (nSPS) is 11.3. The Bertz CT molecular complexity index is 1250. The van der Waals surface area contributed by atoms with Crippen LogP contribution in [0.5, 0.6) is 0 Å². The monoisotopic (exact) mass is 400 g/mol. The molecule has 0 aliphatic carbocycles. The molecular weight excluding hydrogens is 388 g/mol. The maximum absolute atomic E-state index is 6.14. The average molecular weight is 401 g/mol. The number of para-hydroxylation sites is 1. The van der Waals surface area contributed by atoms with Crippen molar-refractivity contribution in [3.8, 4) is 22.6 Å². The first-order chi connectivity index (χ1) is 12.8. The Balaban J connectivity index is 1.92. The molecule has 0 aliphatic heterocycles. The second-order valence-electron chi connectivity index (χ2n) is 6.02. The molecule has 3 aromatic carbocycles. The maximum atomic E-state index is 6.14. The van der Waals surface area contributed by atoms with E-state index in [4.69, 9.17) is 14.4 Å². The predicted octanol–water partition coefficient (Wildman–Crippen LogP) is 6.47. The molecule has 4 heteroatoms. The van der Waals surface area contributed by atoms with Gasteiger partial charge in [0, 0.05) is 21.0 Å². The van der Waals surface area contributed by atoms with Crippen molar-refractivity contribution < 1.29 is 4.42 Å². The van der Waals surface area contributed by atoms with E-state index >= 15 is 0 Å². The van der Waals surface area contributed by atoms with Crippen LogP contribution in [0.2, 0.25) is 0 Å². The molecule has 0 spiro atoms. The van der Waals surface area contributed by atoms with Crippen LogP contribution in [0.3, 0.4) is 0 Å². The van der Waals surface area contributed by atoms with Gasteiger partial charge in [-0.2, -0.15) is 0 Å². The Labute approximate surface area is 158 Å². The van der Waals surface area contributed by atoms with E-state index in [0.717, 1.165) is 37.8 Å². The summed E-state index contributed by atoms with van der Waals surface area (Å²) in [5.74, 6) is 0.690. The summed E-state index contributed by atoms with van der Waals surface area (Å²) in [6.45, 7) is 0. The van der Waals surface area contributed by atoms with E-state index in [0.29, 0.717) is 11.4 Å². The highest BCUT2D eigenvalue weighted by molar-refractivity contribution is 9.10. The molecule has 0 bridgehead atoms. The van der Waals surface area contributed by atoms with Crippen LogP contribution < -0.4 is 0 Å². The van der Waals surface area contributed by atoms with Gasteiger partial charge in [0.1, 0.15) is 16.8 Å². The molecule has 2 aromatic heterocycles. The van der Waals surface area contributed by atoms with Crippen LogP contribution >= 0.6 is 15.9 Å². The van der Waals surface area contributed by atoms with E-state index in [1.54, 1.807) is 0 Å². The molecule has 0 amide bonds. The third-order valence-electron chi connectivity index (χ3n) is 4.38. The van der Waals surface area contributed by atoms with Gasteiger partial charge in [-0.1, -0.05) is 76.6 Å². The molecule has 2 heterocycles. The first kappa shape index (κ1) is 15.3. The van der Waals surface area contributed by atoms with Crippen LogP contribution in [0.4, 0.5) is 0 Å². The summed E-state index contributed by atoms with van der Waals surface area (Å²) in [6, 6.07) is 26.0. The van der Waals surface area contributed by atoms with E-state index in [9.17, 15) is 0 Å². The van der Waals surface area contributed by atoms with Gasteiger partial charge < -0.3 is 4.42 Å². The first-order valence-corrected chi connectivity index (χ1v) is 9.10. The highest BCUT2D eigenvalue weighted by Crippen LogP contribution is 2.37. The van der Waals surface area contributed by atoms with E-state index in [1.165, 1.54) is 0 Å². The number of fused-ring (bicyclic) bond motifs is 3. The minimum Gasteiger partial charge on any atom is -0.452 e. The molecule has 3 nitrogen and oxygen atoms in total. The summed E-state index contributed by atoms with van der Waals surface area (Å²) < 4.78 is 7.11. The zero-order chi connectivity index (χ0) is 17.5. The number of hydrogen-bond acceptors (Lipinski definition) is 3. The van der Waals surface area contributed by atoms with Gasteiger partial charge in [0.15, 0.2) is 11.4 Å². The number of furan rings is 1. The predicted molar refractivity (Wildman–Crippen MR) is 108 cm³/mol. The Morgan fingerprint density at radius 2 is 1.46 bits per heavy atom. The molecule has 0 unspecified atom stereocenters. The lowest BCUT2D eigenvalue weighted by molar-refractivity contribution is 0.667. The fourth-order valence-electron chi connectivity index (χ4n) is 3.14. The third-order valence-corrected chi connectivity index (χ3v) is 5.07. The molecule has 0 fully saturated rings. The zero-order valence-electron chi connectivity index (χ0n) is 13.7. The summed E-state index contributed by atoms with van der Waals surface area (Å²) in [7, 11) is 0. The van der Waals surface area contributed by atoms with E-state index < -0.39 is 0 Å². The van der Waals surface area contributed by atoms with Gasteiger partial charge in [0.2, 0.25) is 0 Å². The fourth-order valence-corrected chi connectivity index (χ4v) is 3.62. The zero-order valence-corrected chi connectivity index (χ0v) is 15.3. The second kappa shape index (κ2) is 6.07. The lowest BCUT2D eigenvalue weighted by Crippen LogP contribution is -1.94. The minimum atomic E-state index is 0.690. The van der Waals surface area contributed by atoms with Crippen molar-refractivity contribution in [2.75, 3.05) is 0 Å². The quantitative estimate of drug-likeness (QED) is 0.340. The molecule has 0 saturated carbocycles. The van der Waals surface area contributed by atoms with Crippen LogP contribution in [-0.2, 0) is 0 Å². The number of rotatable bonds is 2. The Hall–Kier alpha value is -2.98. The molecule has 0 radical (unpaired) electrons. The highest BCUT2D eigenvalue weighted by atomic mass is 79.9. The molecule has 5 aromatic rings. The number of halogens is 1. The molecule has 124 valence electrons. The molecular formula is C22H13BrN2O. The first-order valence-electron chi connectivity index (χ1n) is 8.31. The molecule has 26 heavy (non-hydrogen) atoms. The summed E-state index contributed by atoms with van der Waals surface area (Å²) in [4.78, 5) is 9.69. The number of aromatic nitrogens is 2. The summed E-state index contributed by atoms with van der Waals surface area (Å²) in [6.07, 6.45) is 0. The van der Waals surface area contributed by atoms with E-state index in [1.807, 2.05) is 78.9 Å². The van der Waals surface area contributed by atoms with Crippen molar-refractivity contribution in [2.45, 2.75) is 0 Å². The molecule has 5 rings (SSSR count). The Kier molecular flexibility index (Phi) is 3.57. The lowest BCUT2D eigenvalue weighted by Gasteiger charge is -2.07. The fraction of sp³-hybridized carbons (Fsp3) is 0. The number of nitrogens with zero attached hydrogens (tertiary/aromatic N) is 2. The SMILES string of the molecule is Brc1ccccc1-c1nc(-c2ccccc2)nc2c1oc1ccccc12. The van der Waals surface area contributed by atoms with Gasteiger partial charge in [-0.3, -0.25) is 0 Å². The van der Waals surface area contributed by atoms with Gasteiger partial charge in [0.05, 0.1) is 0 Å². The van der Waals surface area contributed by atoms with Crippen LogP contribution in [0.1, 0.15) is 0 Å². The molecule has 0 saturated heterocycles. The van der Waals surface area contributed by atoms with Gasteiger partial charge in [-0.05, 0) is 18.2 Å². The number of benzene rings is 3. The van der Waals surface area contributed by atoms with E-state index in [-0.39, 0.29) is 0 Å². The second-order valence-corrected chi connectivity index (χ2v) is 6.87. The summed E-state index contributed by atoms with van der Waals surface area (Å²) >= 11 is 3.64. The van der Waals surface area contributed by atoms with Crippen molar-refractivity contribution in [2.24, 2.45) is 0 Å². The minimum absolute atomic E-state index is 0.690. The Morgan fingerprint density at radius 1 is 0.731 bits per heavy atom.